The molecule has 0 spiro atoms. The van der Waals surface area contributed by atoms with Crippen LogP contribution >= 0.6 is 0 Å². The summed E-state index contributed by atoms with van der Waals surface area (Å²) in [5.74, 6) is 1.41. The van der Waals surface area contributed by atoms with E-state index in [0.717, 1.165) is 22.6 Å². The molecule has 0 aliphatic heterocycles. The quantitative estimate of drug-likeness (QED) is 0.575. The van der Waals surface area contributed by atoms with Crippen molar-refractivity contribution in [3.63, 3.8) is 0 Å². The predicted molar refractivity (Wildman–Crippen MR) is 108 cm³/mol. The third-order valence-electron chi connectivity index (χ3n) is 4.42. The number of hydrogen-bond acceptors (Lipinski definition) is 5. The highest BCUT2D eigenvalue weighted by molar-refractivity contribution is 7.89. The average Bonchev–Trinajstić information content (AvgIpc) is 3.26. The van der Waals surface area contributed by atoms with Crippen molar-refractivity contribution in [1.82, 2.24) is 4.72 Å². The Hall–Kier alpha value is -2.61. The Bertz CT molecular complexity index is 965. The van der Waals surface area contributed by atoms with Gasteiger partial charge in [-0.3, -0.25) is 0 Å². The van der Waals surface area contributed by atoms with Crippen molar-refractivity contribution >= 4 is 10.0 Å². The van der Waals surface area contributed by atoms with Crippen molar-refractivity contribution in [2.24, 2.45) is 0 Å². The van der Waals surface area contributed by atoms with E-state index in [1.807, 2.05) is 30.3 Å². The van der Waals surface area contributed by atoms with Crippen LogP contribution in [0.4, 0.5) is 0 Å². The first-order chi connectivity index (χ1) is 13.5. The zero-order chi connectivity index (χ0) is 20.0. The lowest BCUT2D eigenvalue weighted by Crippen LogP contribution is -2.31. The van der Waals surface area contributed by atoms with Gasteiger partial charge in [0.15, 0.2) is 0 Å². The highest BCUT2D eigenvalue weighted by Gasteiger charge is 2.15. The third kappa shape index (κ3) is 5.45. The van der Waals surface area contributed by atoms with E-state index in [2.05, 4.69) is 4.72 Å². The molecule has 0 fully saturated rings. The molecule has 0 saturated carbocycles. The Morgan fingerprint density at radius 2 is 1.79 bits per heavy atom. The van der Waals surface area contributed by atoms with Crippen molar-refractivity contribution in [2.75, 3.05) is 19.4 Å². The number of sulfonamides is 1. The van der Waals surface area contributed by atoms with Crippen LogP contribution in [-0.2, 0) is 16.4 Å². The molecule has 7 heteroatoms. The van der Waals surface area contributed by atoms with E-state index < -0.39 is 16.1 Å². The van der Waals surface area contributed by atoms with Crippen LogP contribution in [0.15, 0.2) is 71.3 Å². The minimum atomic E-state index is -3.50. The lowest BCUT2D eigenvalue weighted by Gasteiger charge is -2.13. The number of benzene rings is 2. The molecule has 2 N–H and O–H groups in total. The third-order valence-corrected chi connectivity index (χ3v) is 5.76. The predicted octanol–water partition coefficient (Wildman–Crippen LogP) is 3.15. The molecule has 148 valence electrons. The molecule has 0 aliphatic carbocycles. The van der Waals surface area contributed by atoms with Crippen molar-refractivity contribution in [3.8, 4) is 17.1 Å². The average molecular weight is 401 g/mol. The number of furan rings is 1. The molecule has 3 rings (SSSR count). The van der Waals surface area contributed by atoms with Crippen molar-refractivity contribution in [1.29, 1.82) is 0 Å². The fourth-order valence-electron chi connectivity index (χ4n) is 2.75. The first kappa shape index (κ1) is 20.1. The van der Waals surface area contributed by atoms with E-state index >= 15 is 0 Å². The minimum Gasteiger partial charge on any atom is -0.497 e. The summed E-state index contributed by atoms with van der Waals surface area (Å²) >= 11 is 0. The number of aryl methyl sites for hydroxylation is 1. The number of rotatable bonds is 9. The maximum atomic E-state index is 12.2. The van der Waals surface area contributed by atoms with Crippen LogP contribution in [0, 0.1) is 0 Å². The standard InChI is InChI=1S/C21H23NO5S/c1-26-19-10-4-16(5-11-19)12-14-28(24,25)22-15-20(23)17-6-8-18(9-7-17)21-3-2-13-27-21/h2-11,13,20,22-23H,12,14-15H2,1H3/t20-/m0/s1. The molecule has 1 atom stereocenters. The van der Waals surface area contributed by atoms with Crippen LogP contribution in [0.25, 0.3) is 11.3 Å². The van der Waals surface area contributed by atoms with Gasteiger partial charge in [0.2, 0.25) is 10.0 Å². The van der Waals surface area contributed by atoms with Crippen LogP contribution in [0.1, 0.15) is 17.2 Å². The largest absolute Gasteiger partial charge is 0.497 e. The van der Waals surface area contributed by atoms with Crippen LogP contribution in [0.5, 0.6) is 5.75 Å². The molecular weight excluding hydrogens is 378 g/mol. The molecule has 2 aromatic carbocycles. The van der Waals surface area contributed by atoms with Gasteiger partial charge in [0, 0.05) is 12.1 Å². The van der Waals surface area contributed by atoms with E-state index in [0.29, 0.717) is 12.0 Å². The molecule has 0 aliphatic rings. The Labute approximate surface area is 164 Å². The zero-order valence-corrected chi connectivity index (χ0v) is 16.4. The molecule has 1 aromatic heterocycles. The normalized spacial score (nSPS) is 12.6. The number of hydrogen-bond donors (Lipinski definition) is 2. The lowest BCUT2D eigenvalue weighted by molar-refractivity contribution is 0.182. The van der Waals surface area contributed by atoms with E-state index in [1.54, 1.807) is 43.7 Å². The van der Waals surface area contributed by atoms with Crippen LogP contribution < -0.4 is 9.46 Å². The smallest absolute Gasteiger partial charge is 0.212 e. The Morgan fingerprint density at radius 3 is 2.39 bits per heavy atom. The SMILES string of the molecule is COc1ccc(CCS(=O)(=O)NC[C@H](O)c2ccc(-c3ccco3)cc2)cc1. The van der Waals surface area contributed by atoms with Gasteiger partial charge in [0.1, 0.15) is 11.5 Å². The van der Waals surface area contributed by atoms with Gasteiger partial charge in [0.25, 0.3) is 0 Å². The first-order valence-corrected chi connectivity index (χ1v) is 10.5. The first-order valence-electron chi connectivity index (χ1n) is 8.89. The molecule has 0 radical (unpaired) electrons. The van der Waals surface area contributed by atoms with Gasteiger partial charge < -0.3 is 14.3 Å². The Kier molecular flexibility index (Phi) is 6.51. The number of ether oxygens (including phenoxy) is 1. The lowest BCUT2D eigenvalue weighted by atomic mass is 10.1. The van der Waals surface area contributed by atoms with Crippen LogP contribution in [0.3, 0.4) is 0 Å². The molecule has 1 heterocycles. The van der Waals surface area contributed by atoms with Gasteiger partial charge in [0.05, 0.1) is 25.2 Å². The molecule has 0 saturated heterocycles. The summed E-state index contributed by atoms with van der Waals surface area (Å²) in [6.07, 6.45) is 1.05. The second kappa shape index (κ2) is 9.05. The highest BCUT2D eigenvalue weighted by Crippen LogP contribution is 2.22. The second-order valence-corrected chi connectivity index (χ2v) is 8.31. The summed E-state index contributed by atoms with van der Waals surface area (Å²) in [5, 5.41) is 10.3. The van der Waals surface area contributed by atoms with Gasteiger partial charge in [-0.25, -0.2) is 13.1 Å². The van der Waals surface area contributed by atoms with Crippen molar-refractivity contribution in [2.45, 2.75) is 12.5 Å². The molecule has 6 nitrogen and oxygen atoms in total. The van der Waals surface area contributed by atoms with Crippen LogP contribution in [0.2, 0.25) is 0 Å². The van der Waals surface area contributed by atoms with E-state index in [4.69, 9.17) is 9.15 Å². The van der Waals surface area contributed by atoms with Gasteiger partial charge in [-0.1, -0.05) is 36.4 Å². The van der Waals surface area contributed by atoms with Crippen molar-refractivity contribution in [3.05, 3.63) is 78.1 Å². The Balaban J connectivity index is 1.51. The summed E-state index contributed by atoms with van der Waals surface area (Å²) in [4.78, 5) is 0. The molecular formula is C21H23NO5S. The van der Waals surface area contributed by atoms with Gasteiger partial charge in [-0.2, -0.15) is 0 Å². The van der Waals surface area contributed by atoms with Gasteiger partial charge in [-0.15, -0.1) is 0 Å². The maximum absolute atomic E-state index is 12.2. The number of aliphatic hydroxyl groups excluding tert-OH is 1. The second-order valence-electron chi connectivity index (χ2n) is 6.38. The zero-order valence-electron chi connectivity index (χ0n) is 15.5. The van der Waals surface area contributed by atoms with Crippen LogP contribution in [-0.4, -0.2) is 32.9 Å². The highest BCUT2D eigenvalue weighted by atomic mass is 32.2. The summed E-state index contributed by atoms with van der Waals surface area (Å²) in [7, 11) is -1.92. The number of aliphatic hydroxyl groups is 1. The number of methoxy groups -OCH3 is 1. The fourth-order valence-corrected chi connectivity index (χ4v) is 3.81. The Morgan fingerprint density at radius 1 is 1.07 bits per heavy atom. The van der Waals surface area contributed by atoms with E-state index in [1.165, 1.54) is 0 Å². The summed E-state index contributed by atoms with van der Waals surface area (Å²) in [5.41, 5.74) is 2.43. The molecule has 3 aromatic rings. The monoisotopic (exact) mass is 401 g/mol. The van der Waals surface area contributed by atoms with Crippen molar-refractivity contribution < 1.29 is 22.7 Å². The fraction of sp³-hybridized carbons (Fsp3) is 0.238. The topological polar surface area (TPSA) is 88.8 Å². The summed E-state index contributed by atoms with van der Waals surface area (Å²) in [6, 6.07) is 18.1. The molecule has 0 bridgehead atoms. The number of nitrogens with one attached hydrogen (secondary N) is 1. The summed E-state index contributed by atoms with van der Waals surface area (Å²) in [6.45, 7) is -0.0783. The molecule has 28 heavy (non-hydrogen) atoms. The van der Waals surface area contributed by atoms with Gasteiger partial charge in [-0.05, 0) is 41.8 Å². The van der Waals surface area contributed by atoms with E-state index in [9.17, 15) is 13.5 Å². The minimum absolute atomic E-state index is 0.0521. The molecule has 0 unspecified atom stereocenters. The maximum Gasteiger partial charge on any atom is 0.212 e. The summed E-state index contributed by atoms with van der Waals surface area (Å²) < 4.78 is 37.3. The van der Waals surface area contributed by atoms with E-state index in [-0.39, 0.29) is 12.3 Å². The molecule has 0 amide bonds. The van der Waals surface area contributed by atoms with Gasteiger partial charge >= 0.3 is 0 Å².